The van der Waals surface area contributed by atoms with E-state index in [2.05, 4.69) is 102 Å². The second-order valence-electron chi connectivity index (χ2n) is 8.99. The van der Waals surface area contributed by atoms with Gasteiger partial charge in [0.2, 0.25) is 0 Å². The number of benzene rings is 5. The average Bonchev–Trinajstić information content (AvgIpc) is 3.57. The third-order valence-electron chi connectivity index (χ3n) is 7.00. The van der Waals surface area contributed by atoms with Gasteiger partial charge in [-0.3, -0.25) is 0 Å². The lowest BCUT2D eigenvalue weighted by Crippen LogP contribution is -1.92. The molecule has 0 unspecified atom stereocenters. The first-order chi connectivity index (χ1) is 17.3. The maximum atomic E-state index is 6.43. The zero-order chi connectivity index (χ0) is 22.9. The van der Waals surface area contributed by atoms with Gasteiger partial charge in [0.1, 0.15) is 22.3 Å². The van der Waals surface area contributed by atoms with Crippen molar-refractivity contribution < 1.29 is 8.83 Å². The van der Waals surface area contributed by atoms with Crippen LogP contribution in [0.15, 0.2) is 124 Å². The molecule has 0 N–H and O–H groups in total. The van der Waals surface area contributed by atoms with Crippen molar-refractivity contribution >= 4 is 54.9 Å². The molecule has 0 aliphatic rings. The van der Waals surface area contributed by atoms with Gasteiger partial charge in [-0.15, -0.1) is 0 Å². The molecule has 3 heterocycles. The molecule has 0 atom stereocenters. The number of hydrogen-bond acceptors (Lipinski definition) is 2. The van der Waals surface area contributed by atoms with E-state index in [0.29, 0.717) is 0 Å². The minimum atomic E-state index is 0.888. The van der Waals surface area contributed by atoms with E-state index in [4.69, 9.17) is 8.83 Å². The molecule has 0 radical (unpaired) electrons. The van der Waals surface area contributed by atoms with Gasteiger partial charge in [0.05, 0.1) is 5.52 Å². The molecule has 3 aromatic heterocycles. The van der Waals surface area contributed by atoms with E-state index >= 15 is 0 Å². The molecule has 0 fully saturated rings. The van der Waals surface area contributed by atoms with Gasteiger partial charge < -0.3 is 13.4 Å². The molecule has 3 nitrogen and oxygen atoms in total. The molecule has 164 valence electrons. The number of furan rings is 2. The van der Waals surface area contributed by atoms with Crippen molar-refractivity contribution in [2.24, 2.45) is 0 Å². The first-order valence-electron chi connectivity index (χ1n) is 11.8. The monoisotopic (exact) mass is 449 g/mol. The topological polar surface area (TPSA) is 31.2 Å². The Balaban J connectivity index is 1.41. The van der Waals surface area contributed by atoms with Crippen molar-refractivity contribution in [3.8, 4) is 16.8 Å². The Morgan fingerprint density at radius 2 is 1.14 bits per heavy atom. The van der Waals surface area contributed by atoms with Crippen LogP contribution in [0.5, 0.6) is 0 Å². The van der Waals surface area contributed by atoms with Crippen LogP contribution in [0, 0.1) is 0 Å². The SMILES string of the molecule is c1ccc(-n2c3ccccc3c3oc4ccc(-c5ccc6c(c5)oc5ccccc56)cc4c32)cc1. The maximum Gasteiger partial charge on any atom is 0.161 e. The summed E-state index contributed by atoms with van der Waals surface area (Å²) in [6.45, 7) is 0. The minimum Gasteiger partial charge on any atom is -0.456 e. The molecule has 0 saturated carbocycles. The number of hydrogen-bond donors (Lipinski definition) is 0. The van der Waals surface area contributed by atoms with Crippen LogP contribution in [0.3, 0.4) is 0 Å². The quantitative estimate of drug-likeness (QED) is 0.263. The molecule has 5 aromatic carbocycles. The van der Waals surface area contributed by atoms with Gasteiger partial charge in [-0.25, -0.2) is 0 Å². The molecule has 0 aliphatic carbocycles. The molecule has 0 amide bonds. The average molecular weight is 450 g/mol. The Morgan fingerprint density at radius 1 is 0.457 bits per heavy atom. The smallest absolute Gasteiger partial charge is 0.161 e. The lowest BCUT2D eigenvalue weighted by Gasteiger charge is -2.07. The lowest BCUT2D eigenvalue weighted by atomic mass is 10.0. The highest BCUT2D eigenvalue weighted by atomic mass is 16.3. The van der Waals surface area contributed by atoms with Crippen molar-refractivity contribution in [2.75, 3.05) is 0 Å². The highest BCUT2D eigenvalue weighted by Gasteiger charge is 2.19. The van der Waals surface area contributed by atoms with Gasteiger partial charge >= 0.3 is 0 Å². The highest BCUT2D eigenvalue weighted by Crippen LogP contribution is 2.40. The van der Waals surface area contributed by atoms with E-state index in [1.165, 1.54) is 0 Å². The van der Waals surface area contributed by atoms with Crippen LogP contribution >= 0.6 is 0 Å². The second-order valence-corrected chi connectivity index (χ2v) is 8.99. The summed E-state index contributed by atoms with van der Waals surface area (Å²) in [7, 11) is 0. The predicted octanol–water partition coefficient (Wildman–Crippen LogP) is 9.10. The van der Waals surface area contributed by atoms with Crippen LogP contribution < -0.4 is 0 Å². The van der Waals surface area contributed by atoms with E-state index in [-0.39, 0.29) is 0 Å². The summed E-state index contributed by atoms with van der Waals surface area (Å²) < 4.78 is 14.9. The minimum absolute atomic E-state index is 0.888. The van der Waals surface area contributed by atoms with Gasteiger partial charge in [0.25, 0.3) is 0 Å². The highest BCUT2D eigenvalue weighted by molar-refractivity contribution is 6.17. The van der Waals surface area contributed by atoms with E-state index in [1.54, 1.807) is 0 Å². The Bertz CT molecular complexity index is 2050. The first-order valence-corrected chi connectivity index (χ1v) is 11.8. The normalized spacial score (nSPS) is 12.0. The summed E-state index contributed by atoms with van der Waals surface area (Å²) >= 11 is 0. The fraction of sp³-hybridized carbons (Fsp3) is 0. The summed E-state index contributed by atoms with van der Waals surface area (Å²) in [5.74, 6) is 0. The Hall–Kier alpha value is -4.76. The van der Waals surface area contributed by atoms with E-state index < -0.39 is 0 Å². The molecule has 0 bridgehead atoms. The number of nitrogens with zero attached hydrogens (tertiary/aromatic N) is 1. The van der Waals surface area contributed by atoms with Crippen LogP contribution in [0.1, 0.15) is 0 Å². The van der Waals surface area contributed by atoms with Gasteiger partial charge in [0, 0.05) is 27.2 Å². The summed E-state index contributed by atoms with van der Waals surface area (Å²) in [6.07, 6.45) is 0. The third kappa shape index (κ3) is 2.61. The van der Waals surface area contributed by atoms with Crippen LogP contribution in [-0.2, 0) is 0 Å². The fourth-order valence-corrected chi connectivity index (χ4v) is 5.40. The molecule has 35 heavy (non-hydrogen) atoms. The zero-order valence-electron chi connectivity index (χ0n) is 18.7. The summed E-state index contributed by atoms with van der Waals surface area (Å²) in [5.41, 5.74) is 9.24. The first kappa shape index (κ1) is 18.6. The molecule has 0 aliphatic heterocycles. The van der Waals surface area contributed by atoms with Crippen LogP contribution in [0.25, 0.3) is 71.7 Å². The fourth-order valence-electron chi connectivity index (χ4n) is 5.40. The zero-order valence-corrected chi connectivity index (χ0v) is 18.7. The van der Waals surface area contributed by atoms with E-state index in [9.17, 15) is 0 Å². The van der Waals surface area contributed by atoms with Gasteiger partial charge in [-0.05, 0) is 65.7 Å². The Labute approximate surface area is 200 Å². The summed E-state index contributed by atoms with van der Waals surface area (Å²) in [5, 5.41) is 4.50. The second kappa shape index (κ2) is 6.87. The lowest BCUT2D eigenvalue weighted by molar-refractivity contribution is 0.669. The predicted molar refractivity (Wildman–Crippen MR) is 143 cm³/mol. The third-order valence-corrected chi connectivity index (χ3v) is 7.00. The van der Waals surface area contributed by atoms with E-state index in [0.717, 1.165) is 71.7 Å². The largest absolute Gasteiger partial charge is 0.456 e. The maximum absolute atomic E-state index is 6.43. The van der Waals surface area contributed by atoms with Crippen molar-refractivity contribution in [2.45, 2.75) is 0 Å². The Morgan fingerprint density at radius 3 is 2.06 bits per heavy atom. The molecular weight excluding hydrogens is 430 g/mol. The molecule has 0 saturated heterocycles. The van der Waals surface area contributed by atoms with Gasteiger partial charge in [-0.1, -0.05) is 60.7 Å². The van der Waals surface area contributed by atoms with Crippen molar-refractivity contribution in [3.63, 3.8) is 0 Å². The number of para-hydroxylation sites is 3. The van der Waals surface area contributed by atoms with Crippen LogP contribution in [-0.4, -0.2) is 4.57 Å². The van der Waals surface area contributed by atoms with Crippen LogP contribution in [0.2, 0.25) is 0 Å². The Kier molecular flexibility index (Phi) is 3.66. The van der Waals surface area contributed by atoms with E-state index in [1.807, 2.05) is 18.2 Å². The molecule has 0 spiro atoms. The summed E-state index contributed by atoms with van der Waals surface area (Å²) in [4.78, 5) is 0. The van der Waals surface area contributed by atoms with Crippen molar-refractivity contribution in [1.29, 1.82) is 0 Å². The molecular formula is C32H19NO2. The van der Waals surface area contributed by atoms with Gasteiger partial charge in [0.15, 0.2) is 5.58 Å². The summed E-state index contributed by atoms with van der Waals surface area (Å²) in [6, 6.07) is 40.0. The van der Waals surface area contributed by atoms with Crippen molar-refractivity contribution in [3.05, 3.63) is 115 Å². The number of rotatable bonds is 2. The molecule has 8 aromatic rings. The van der Waals surface area contributed by atoms with Crippen LogP contribution in [0.4, 0.5) is 0 Å². The standard InChI is InChI=1S/C32H19NO2/c1-2-8-22(9-3-1)33-27-12-6-4-11-25(27)32-31(33)26-18-20(15-17-29(26)35-32)21-14-16-24-23-10-5-7-13-28(23)34-30(24)19-21/h1-19H. The van der Waals surface area contributed by atoms with Crippen molar-refractivity contribution in [1.82, 2.24) is 4.57 Å². The van der Waals surface area contributed by atoms with Gasteiger partial charge in [-0.2, -0.15) is 0 Å². The molecule has 3 heteroatoms. The number of aromatic nitrogens is 1. The molecule has 8 rings (SSSR count). The number of fused-ring (bicyclic) bond motifs is 8.